The van der Waals surface area contributed by atoms with Gasteiger partial charge in [-0.15, -0.1) is 11.5 Å². The molecule has 1 fully saturated rings. The molecule has 0 aliphatic carbocycles. The second kappa shape index (κ2) is 8.06. The number of hydrogen-bond acceptors (Lipinski definition) is 4. The molecule has 0 radical (unpaired) electrons. The molecule has 0 atom stereocenters. The minimum atomic E-state index is -0.132. The molecule has 1 aliphatic rings. The number of amides is 1. The van der Waals surface area contributed by atoms with E-state index >= 15 is 0 Å². The maximum Gasteiger partial charge on any atom is 0.293 e. The van der Waals surface area contributed by atoms with Crippen molar-refractivity contribution in [1.29, 1.82) is 0 Å². The minimum absolute atomic E-state index is 0.132. The molecule has 6 nitrogen and oxygen atoms in total. The molecule has 1 saturated heterocycles. The fourth-order valence-electron chi connectivity index (χ4n) is 2.57. The normalized spacial score (nSPS) is 13.6. The second-order valence-electron chi connectivity index (χ2n) is 5.64. The lowest BCUT2D eigenvalue weighted by Gasteiger charge is -2.25. The zero-order valence-corrected chi connectivity index (χ0v) is 13.9. The number of aromatic nitrogens is 4. The lowest BCUT2D eigenvalue weighted by molar-refractivity contribution is 0.0712. The van der Waals surface area contributed by atoms with Crippen LogP contribution in [0.4, 0.5) is 0 Å². The van der Waals surface area contributed by atoms with Crippen molar-refractivity contribution in [3.63, 3.8) is 0 Å². The van der Waals surface area contributed by atoms with E-state index < -0.39 is 0 Å². The zero-order valence-electron chi connectivity index (χ0n) is 13.9. The van der Waals surface area contributed by atoms with E-state index in [9.17, 15) is 4.79 Å². The molecule has 1 aliphatic heterocycles. The molecule has 2 aromatic heterocycles. The summed E-state index contributed by atoms with van der Waals surface area (Å²) in [4.78, 5) is 22.3. The first kappa shape index (κ1) is 16.7. The minimum Gasteiger partial charge on any atom is -0.336 e. The Hall–Kier alpha value is -3.20. The van der Waals surface area contributed by atoms with E-state index in [0.29, 0.717) is 11.5 Å². The van der Waals surface area contributed by atoms with Crippen LogP contribution in [0.1, 0.15) is 35.6 Å². The molecule has 25 heavy (non-hydrogen) atoms. The molecule has 0 spiro atoms. The van der Waals surface area contributed by atoms with Crippen LogP contribution in [0.5, 0.6) is 0 Å². The van der Waals surface area contributed by atoms with Gasteiger partial charge in [0, 0.05) is 19.3 Å². The fraction of sp³-hybridized carbons (Fsp3) is 0.263. The summed E-state index contributed by atoms with van der Waals surface area (Å²) in [7, 11) is 0. The number of hydrogen-bond donors (Lipinski definition) is 0. The molecule has 1 amide bonds. The van der Waals surface area contributed by atoms with Crippen molar-refractivity contribution in [2.24, 2.45) is 0 Å². The summed E-state index contributed by atoms with van der Waals surface area (Å²) in [6.45, 7) is 1.55. The predicted molar refractivity (Wildman–Crippen MR) is 94.9 cm³/mol. The lowest BCUT2D eigenvalue weighted by Crippen LogP contribution is -2.36. The van der Waals surface area contributed by atoms with Crippen LogP contribution in [0.25, 0.3) is 5.78 Å². The average Bonchev–Trinajstić information content (AvgIpc) is 3.13. The number of nitrogens with zero attached hydrogens (tertiary/aromatic N) is 5. The van der Waals surface area contributed by atoms with Gasteiger partial charge in [-0.05, 0) is 25.3 Å². The highest BCUT2D eigenvalue weighted by Gasteiger charge is 2.22. The van der Waals surface area contributed by atoms with Crippen LogP contribution in [-0.2, 0) is 0 Å². The van der Waals surface area contributed by atoms with Gasteiger partial charge in [-0.1, -0.05) is 42.3 Å². The van der Waals surface area contributed by atoms with Crippen LogP contribution < -0.4 is 0 Å². The van der Waals surface area contributed by atoms with E-state index in [1.165, 1.54) is 10.9 Å². The summed E-state index contributed by atoms with van der Waals surface area (Å²) in [5.74, 6) is 2.84. The fourth-order valence-corrected chi connectivity index (χ4v) is 2.57. The molecule has 3 heterocycles. The van der Waals surface area contributed by atoms with Crippen LogP contribution in [0, 0.1) is 12.3 Å². The third-order valence-corrected chi connectivity index (χ3v) is 3.86. The van der Waals surface area contributed by atoms with Gasteiger partial charge < -0.3 is 4.90 Å². The molecule has 4 rings (SSSR count). The molecule has 3 aromatic rings. The van der Waals surface area contributed by atoms with Gasteiger partial charge in [0.05, 0.1) is 0 Å². The Balaban J connectivity index is 0.000000258. The Morgan fingerprint density at radius 3 is 2.24 bits per heavy atom. The summed E-state index contributed by atoms with van der Waals surface area (Å²) >= 11 is 0. The standard InChI is InChI=1S/C13H13N5O.C6H6/c1-2-10-6-9-18-13(14-10)15-11(16-18)12(19)17-7-4-3-5-8-17;1-2-4-6-5-3-1/h1,6,9H,3-5,7-8H2;1-6H. The number of carbonyl (C=O) groups is 1. The molecule has 6 heteroatoms. The van der Waals surface area contributed by atoms with E-state index in [-0.39, 0.29) is 11.7 Å². The van der Waals surface area contributed by atoms with Crippen molar-refractivity contribution < 1.29 is 4.79 Å². The van der Waals surface area contributed by atoms with E-state index in [2.05, 4.69) is 21.0 Å². The van der Waals surface area contributed by atoms with Crippen molar-refractivity contribution >= 4 is 11.7 Å². The quantitative estimate of drug-likeness (QED) is 0.642. The summed E-state index contributed by atoms with van der Waals surface area (Å²) in [5, 5.41) is 4.15. The van der Waals surface area contributed by atoms with Gasteiger partial charge in [0.2, 0.25) is 5.82 Å². The first-order chi connectivity index (χ1) is 12.3. The zero-order chi connectivity index (χ0) is 17.5. The Kier molecular flexibility index (Phi) is 5.37. The third kappa shape index (κ3) is 4.21. The smallest absolute Gasteiger partial charge is 0.293 e. The number of piperidine rings is 1. The van der Waals surface area contributed by atoms with E-state index in [1.807, 2.05) is 36.4 Å². The summed E-state index contributed by atoms with van der Waals surface area (Å²) in [6, 6.07) is 13.7. The van der Waals surface area contributed by atoms with Gasteiger partial charge in [-0.2, -0.15) is 4.98 Å². The molecular formula is C19H19N5O. The van der Waals surface area contributed by atoms with Crippen LogP contribution in [0.2, 0.25) is 0 Å². The van der Waals surface area contributed by atoms with Crippen molar-refractivity contribution in [2.75, 3.05) is 13.1 Å². The van der Waals surface area contributed by atoms with Crippen LogP contribution in [0.15, 0.2) is 48.7 Å². The topological polar surface area (TPSA) is 63.4 Å². The molecule has 1 aromatic carbocycles. The van der Waals surface area contributed by atoms with Gasteiger partial charge in [0.1, 0.15) is 5.69 Å². The predicted octanol–water partition coefficient (Wildman–Crippen LogP) is 2.42. The maximum absolute atomic E-state index is 12.2. The lowest BCUT2D eigenvalue weighted by atomic mass is 10.1. The summed E-state index contributed by atoms with van der Waals surface area (Å²) in [5.41, 5.74) is 0.483. The van der Waals surface area contributed by atoms with E-state index in [0.717, 1.165) is 25.9 Å². The monoisotopic (exact) mass is 333 g/mol. The SMILES string of the molecule is C#Cc1ccn2nc(C(=O)N3CCCCC3)nc2n1.c1ccccc1. The molecule has 0 bridgehead atoms. The Morgan fingerprint density at radius 1 is 1.00 bits per heavy atom. The molecule has 0 saturated carbocycles. The van der Waals surface area contributed by atoms with Crippen molar-refractivity contribution in [2.45, 2.75) is 19.3 Å². The highest BCUT2D eigenvalue weighted by Crippen LogP contribution is 2.11. The van der Waals surface area contributed by atoms with Crippen LogP contribution in [0.3, 0.4) is 0 Å². The van der Waals surface area contributed by atoms with Gasteiger partial charge in [-0.25, -0.2) is 9.50 Å². The second-order valence-corrected chi connectivity index (χ2v) is 5.64. The highest BCUT2D eigenvalue weighted by atomic mass is 16.2. The van der Waals surface area contributed by atoms with Gasteiger partial charge >= 0.3 is 0 Å². The highest BCUT2D eigenvalue weighted by molar-refractivity contribution is 5.90. The number of benzene rings is 1. The van der Waals surface area contributed by atoms with Gasteiger partial charge in [0.25, 0.3) is 11.7 Å². The molecule has 0 unspecified atom stereocenters. The molecular weight excluding hydrogens is 314 g/mol. The number of fused-ring (bicyclic) bond motifs is 1. The number of likely N-dealkylation sites (tertiary alicyclic amines) is 1. The average molecular weight is 333 g/mol. The Morgan fingerprint density at radius 2 is 1.64 bits per heavy atom. The van der Waals surface area contributed by atoms with Crippen LogP contribution in [-0.4, -0.2) is 43.5 Å². The number of terminal acetylenes is 1. The van der Waals surface area contributed by atoms with Crippen LogP contribution >= 0.6 is 0 Å². The largest absolute Gasteiger partial charge is 0.336 e. The van der Waals surface area contributed by atoms with Crippen molar-refractivity contribution in [3.05, 3.63) is 60.2 Å². The van der Waals surface area contributed by atoms with Crippen molar-refractivity contribution in [1.82, 2.24) is 24.5 Å². The number of carbonyl (C=O) groups excluding carboxylic acids is 1. The molecule has 126 valence electrons. The first-order valence-electron chi connectivity index (χ1n) is 8.27. The van der Waals surface area contributed by atoms with E-state index in [4.69, 9.17) is 6.42 Å². The van der Waals surface area contributed by atoms with Gasteiger partial charge in [-0.3, -0.25) is 4.79 Å². The van der Waals surface area contributed by atoms with Crippen molar-refractivity contribution in [3.8, 4) is 12.3 Å². The maximum atomic E-state index is 12.2. The Labute approximate surface area is 146 Å². The van der Waals surface area contributed by atoms with Gasteiger partial charge in [0.15, 0.2) is 0 Å². The first-order valence-corrected chi connectivity index (χ1v) is 8.27. The third-order valence-electron chi connectivity index (χ3n) is 3.86. The molecule has 0 N–H and O–H groups in total. The number of rotatable bonds is 1. The summed E-state index contributed by atoms with van der Waals surface area (Å²) < 4.78 is 1.47. The Bertz CT molecular complexity index is 849. The summed E-state index contributed by atoms with van der Waals surface area (Å²) in [6.07, 6.45) is 10.2. The van der Waals surface area contributed by atoms with E-state index in [1.54, 1.807) is 17.2 Å².